The molecule has 5 nitrogen and oxygen atoms in total. The second-order valence-corrected chi connectivity index (χ2v) is 3.74. The van der Waals surface area contributed by atoms with Crippen molar-refractivity contribution >= 4 is 22.0 Å². The number of ether oxygens (including phenoxy) is 2. The van der Waals surface area contributed by atoms with Gasteiger partial charge in [0.05, 0.1) is 24.7 Å². The monoisotopic (exact) mass is 287 g/mol. The highest BCUT2D eigenvalue weighted by molar-refractivity contribution is 9.10. The minimum atomic E-state index is -0.541. The van der Waals surface area contributed by atoms with Crippen molar-refractivity contribution in [3.63, 3.8) is 0 Å². The standard InChI is InChI=1S/C10H10BrNO4/c1-15-9-5-7(11)6-10(16-2)8(9)3-4-12(13)14/h3-6H,1-2H3/b4-3+. The average molecular weight is 288 g/mol. The Morgan fingerprint density at radius 2 is 1.81 bits per heavy atom. The quantitative estimate of drug-likeness (QED) is 0.631. The number of rotatable bonds is 4. The molecule has 0 aliphatic heterocycles. The van der Waals surface area contributed by atoms with E-state index in [9.17, 15) is 10.1 Å². The largest absolute Gasteiger partial charge is 0.496 e. The van der Waals surface area contributed by atoms with Crippen LogP contribution < -0.4 is 9.47 Å². The first-order chi connectivity index (χ1) is 7.58. The normalized spacial score (nSPS) is 10.4. The van der Waals surface area contributed by atoms with Gasteiger partial charge in [0.25, 0.3) is 0 Å². The van der Waals surface area contributed by atoms with E-state index in [1.165, 1.54) is 20.3 Å². The minimum Gasteiger partial charge on any atom is -0.496 e. The zero-order chi connectivity index (χ0) is 12.1. The molecule has 0 aromatic heterocycles. The van der Waals surface area contributed by atoms with Crippen molar-refractivity contribution in [1.29, 1.82) is 0 Å². The molecule has 6 heteroatoms. The third-order valence-electron chi connectivity index (χ3n) is 1.87. The van der Waals surface area contributed by atoms with Crippen LogP contribution in [-0.2, 0) is 0 Å². The molecule has 0 bridgehead atoms. The highest BCUT2D eigenvalue weighted by atomic mass is 79.9. The molecule has 0 radical (unpaired) electrons. The highest BCUT2D eigenvalue weighted by Crippen LogP contribution is 2.33. The first kappa shape index (κ1) is 12.5. The van der Waals surface area contributed by atoms with Crippen LogP contribution in [0.4, 0.5) is 0 Å². The second-order valence-electron chi connectivity index (χ2n) is 2.83. The van der Waals surface area contributed by atoms with Crippen molar-refractivity contribution in [2.45, 2.75) is 0 Å². The van der Waals surface area contributed by atoms with Gasteiger partial charge in [-0.1, -0.05) is 15.9 Å². The zero-order valence-corrected chi connectivity index (χ0v) is 10.4. The minimum absolute atomic E-state index is 0.504. The number of hydrogen-bond donors (Lipinski definition) is 0. The van der Waals surface area contributed by atoms with Crippen LogP contribution in [0.15, 0.2) is 22.8 Å². The van der Waals surface area contributed by atoms with Crippen LogP contribution in [-0.4, -0.2) is 19.1 Å². The topological polar surface area (TPSA) is 61.6 Å². The van der Waals surface area contributed by atoms with Gasteiger partial charge in [0.15, 0.2) is 0 Å². The van der Waals surface area contributed by atoms with E-state index in [-0.39, 0.29) is 0 Å². The Balaban J connectivity index is 3.27. The van der Waals surface area contributed by atoms with Crippen molar-refractivity contribution in [1.82, 2.24) is 0 Å². The van der Waals surface area contributed by atoms with Gasteiger partial charge in [-0.05, 0) is 12.1 Å². The maximum Gasteiger partial charge on any atom is 0.235 e. The number of nitrogens with zero attached hydrogens (tertiary/aromatic N) is 1. The lowest BCUT2D eigenvalue weighted by Crippen LogP contribution is -1.93. The molecular formula is C10H10BrNO4. The summed E-state index contributed by atoms with van der Waals surface area (Å²) in [5.74, 6) is 1.01. The molecule has 0 heterocycles. The Bertz CT molecular complexity index is 406. The van der Waals surface area contributed by atoms with E-state index in [1.807, 2.05) is 0 Å². The molecule has 86 valence electrons. The number of nitro groups is 1. The summed E-state index contributed by atoms with van der Waals surface area (Å²) in [6, 6.07) is 3.42. The molecule has 0 aliphatic carbocycles. The van der Waals surface area contributed by atoms with Gasteiger partial charge in [-0.3, -0.25) is 10.1 Å². The van der Waals surface area contributed by atoms with Crippen molar-refractivity contribution in [3.05, 3.63) is 38.5 Å². The summed E-state index contributed by atoms with van der Waals surface area (Å²) in [5.41, 5.74) is 0.532. The number of benzene rings is 1. The molecule has 0 N–H and O–H groups in total. The Morgan fingerprint density at radius 3 is 2.19 bits per heavy atom. The molecular weight excluding hydrogens is 278 g/mol. The number of methoxy groups -OCH3 is 2. The van der Waals surface area contributed by atoms with Crippen LogP contribution in [0.3, 0.4) is 0 Å². The second kappa shape index (κ2) is 5.50. The maximum absolute atomic E-state index is 10.3. The van der Waals surface area contributed by atoms with Gasteiger partial charge in [-0.15, -0.1) is 0 Å². The molecule has 1 aromatic rings. The first-order valence-corrected chi connectivity index (χ1v) is 5.11. The van der Waals surface area contributed by atoms with Crippen LogP contribution in [0.1, 0.15) is 5.56 Å². The highest BCUT2D eigenvalue weighted by Gasteiger charge is 2.10. The molecule has 0 fully saturated rings. The van der Waals surface area contributed by atoms with E-state index in [0.29, 0.717) is 17.1 Å². The fraction of sp³-hybridized carbons (Fsp3) is 0.200. The zero-order valence-electron chi connectivity index (χ0n) is 8.77. The average Bonchev–Trinajstić information content (AvgIpc) is 2.25. The van der Waals surface area contributed by atoms with Crippen LogP contribution >= 0.6 is 15.9 Å². The lowest BCUT2D eigenvalue weighted by atomic mass is 10.1. The molecule has 0 amide bonds. The summed E-state index contributed by atoms with van der Waals surface area (Å²) >= 11 is 3.29. The van der Waals surface area contributed by atoms with Gasteiger partial charge < -0.3 is 9.47 Å². The van der Waals surface area contributed by atoms with E-state index in [0.717, 1.165) is 10.7 Å². The fourth-order valence-electron chi connectivity index (χ4n) is 1.21. The molecule has 16 heavy (non-hydrogen) atoms. The summed E-state index contributed by atoms with van der Waals surface area (Å²) in [7, 11) is 2.98. The first-order valence-electron chi connectivity index (χ1n) is 4.31. The fourth-order valence-corrected chi connectivity index (χ4v) is 1.62. The molecule has 0 saturated carbocycles. The Labute approximate surface area is 101 Å². The number of hydrogen-bond acceptors (Lipinski definition) is 4. The van der Waals surface area contributed by atoms with Crippen molar-refractivity contribution < 1.29 is 14.4 Å². The van der Waals surface area contributed by atoms with Gasteiger partial charge in [-0.25, -0.2) is 0 Å². The van der Waals surface area contributed by atoms with Gasteiger partial charge in [-0.2, -0.15) is 0 Å². The van der Waals surface area contributed by atoms with Crippen LogP contribution in [0.2, 0.25) is 0 Å². The summed E-state index contributed by atoms with van der Waals surface area (Å²) in [6.07, 6.45) is 2.18. The predicted octanol–water partition coefficient (Wildman–Crippen LogP) is 2.71. The van der Waals surface area contributed by atoms with Crippen LogP contribution in [0, 0.1) is 10.1 Å². The van der Waals surface area contributed by atoms with Crippen LogP contribution in [0.25, 0.3) is 6.08 Å². The Hall–Kier alpha value is -1.56. The van der Waals surface area contributed by atoms with E-state index < -0.39 is 4.92 Å². The van der Waals surface area contributed by atoms with Gasteiger partial charge >= 0.3 is 0 Å². The number of halogens is 1. The summed E-state index contributed by atoms with van der Waals surface area (Å²) in [6.45, 7) is 0. The third kappa shape index (κ3) is 2.96. The molecule has 1 aromatic carbocycles. The summed E-state index contributed by atoms with van der Waals surface area (Å²) in [4.78, 5) is 9.73. The lowest BCUT2D eigenvalue weighted by molar-refractivity contribution is -0.400. The van der Waals surface area contributed by atoms with E-state index in [4.69, 9.17) is 9.47 Å². The SMILES string of the molecule is COc1cc(Br)cc(OC)c1/C=C/[N+](=O)[O-]. The Kier molecular flexibility index (Phi) is 4.30. The molecule has 0 unspecified atom stereocenters. The molecule has 1 rings (SSSR count). The molecule has 0 atom stereocenters. The summed E-state index contributed by atoms with van der Waals surface area (Å²) in [5, 5.41) is 10.3. The summed E-state index contributed by atoms with van der Waals surface area (Å²) < 4.78 is 11.0. The Morgan fingerprint density at radius 1 is 1.31 bits per heavy atom. The maximum atomic E-state index is 10.3. The van der Waals surface area contributed by atoms with Gasteiger partial charge in [0, 0.05) is 10.5 Å². The van der Waals surface area contributed by atoms with Crippen molar-refractivity contribution in [3.8, 4) is 11.5 Å². The van der Waals surface area contributed by atoms with Crippen molar-refractivity contribution in [2.24, 2.45) is 0 Å². The van der Waals surface area contributed by atoms with Crippen molar-refractivity contribution in [2.75, 3.05) is 14.2 Å². The smallest absolute Gasteiger partial charge is 0.235 e. The lowest BCUT2D eigenvalue weighted by Gasteiger charge is -2.10. The van der Waals surface area contributed by atoms with E-state index >= 15 is 0 Å². The van der Waals surface area contributed by atoms with Gasteiger partial charge in [0.2, 0.25) is 6.20 Å². The molecule has 0 saturated heterocycles. The molecule has 0 aliphatic rings. The van der Waals surface area contributed by atoms with Crippen LogP contribution in [0.5, 0.6) is 11.5 Å². The molecule has 0 spiro atoms. The van der Waals surface area contributed by atoms with Gasteiger partial charge in [0.1, 0.15) is 11.5 Å². The predicted molar refractivity (Wildman–Crippen MR) is 63.3 cm³/mol. The van der Waals surface area contributed by atoms with E-state index in [2.05, 4.69) is 15.9 Å². The third-order valence-corrected chi connectivity index (χ3v) is 2.33. The van der Waals surface area contributed by atoms with E-state index in [1.54, 1.807) is 12.1 Å².